The van der Waals surface area contributed by atoms with Crippen LogP contribution in [0.5, 0.6) is 11.6 Å². The number of carbonyl (C=O) groups excluding carboxylic acids is 2. The summed E-state index contributed by atoms with van der Waals surface area (Å²) in [6.45, 7) is 5.80. The van der Waals surface area contributed by atoms with Crippen LogP contribution in [0.4, 0.5) is 23.4 Å². The van der Waals surface area contributed by atoms with Gasteiger partial charge in [-0.05, 0) is 62.1 Å². The van der Waals surface area contributed by atoms with Crippen molar-refractivity contribution in [3.8, 4) is 11.6 Å². The molecular formula is C22H30F2N4O6S. The van der Waals surface area contributed by atoms with E-state index >= 15 is 0 Å². The molecule has 0 fully saturated rings. The van der Waals surface area contributed by atoms with E-state index in [2.05, 4.69) is 24.6 Å². The number of rotatable bonds is 13. The molecule has 0 atom stereocenters. The van der Waals surface area contributed by atoms with Crippen molar-refractivity contribution >= 4 is 28.7 Å². The summed E-state index contributed by atoms with van der Waals surface area (Å²) >= 11 is 0.780. The molecule has 0 bridgehead atoms. The highest BCUT2D eigenvalue weighted by atomic mass is 32.1. The number of likely N-dealkylation sites (N-methyl/N-ethyl adjacent to an activating group) is 1. The molecular weight excluding hydrogens is 486 g/mol. The number of urea groups is 1. The second-order valence-corrected chi connectivity index (χ2v) is 8.20. The predicted molar refractivity (Wildman–Crippen MR) is 126 cm³/mol. The number of aryl methyl sites for hydroxylation is 1. The molecule has 0 radical (unpaired) electrons. The predicted octanol–water partition coefficient (Wildman–Crippen LogP) is 3.67. The number of ether oxygens (including phenoxy) is 3. The summed E-state index contributed by atoms with van der Waals surface area (Å²) in [6, 6.07) is 1.50. The number of aliphatic hydroxyl groups is 1. The van der Waals surface area contributed by atoms with Gasteiger partial charge in [0.25, 0.3) is 5.88 Å². The van der Waals surface area contributed by atoms with Crippen molar-refractivity contribution < 1.29 is 37.7 Å². The Balaban J connectivity index is 1.97. The van der Waals surface area contributed by atoms with Crippen LogP contribution in [0.1, 0.15) is 30.9 Å². The number of nitrogens with zero attached hydrogens (tertiary/aromatic N) is 2. The summed E-state index contributed by atoms with van der Waals surface area (Å²) in [4.78, 5) is 26.1. The molecule has 3 N–H and O–H groups in total. The number of benzene rings is 1. The summed E-state index contributed by atoms with van der Waals surface area (Å²) in [5, 5.41) is 14.3. The van der Waals surface area contributed by atoms with Crippen molar-refractivity contribution in [2.24, 2.45) is 0 Å². The molecule has 0 aliphatic carbocycles. The quantitative estimate of drug-likeness (QED) is 0.272. The van der Waals surface area contributed by atoms with Crippen molar-refractivity contribution in [3.05, 3.63) is 34.9 Å². The zero-order valence-corrected chi connectivity index (χ0v) is 20.7. The van der Waals surface area contributed by atoms with E-state index in [0.717, 1.165) is 56.7 Å². The Morgan fingerprint density at radius 2 is 1.97 bits per heavy atom. The van der Waals surface area contributed by atoms with Crippen LogP contribution in [0.25, 0.3) is 0 Å². The molecule has 1 aromatic heterocycles. The number of methoxy groups -OCH3 is 1. The first kappa shape index (κ1) is 28.2. The monoisotopic (exact) mass is 516 g/mol. The Kier molecular flexibility index (Phi) is 11.6. The molecule has 0 aliphatic heterocycles. The Bertz CT molecular complexity index is 991. The zero-order chi connectivity index (χ0) is 25.8. The first-order valence-electron chi connectivity index (χ1n) is 11.0. The first-order valence-corrected chi connectivity index (χ1v) is 11.8. The average Bonchev–Trinajstić information content (AvgIpc) is 3.20. The SMILES string of the molecule is CCN(CCO)CCCCNC(=O)Nc1snc(OCc2cc(F)c(C)cc2F)c1OC(=O)OC. The molecule has 10 nitrogen and oxygen atoms in total. The van der Waals surface area contributed by atoms with Gasteiger partial charge in [-0.1, -0.05) is 6.92 Å². The maximum Gasteiger partial charge on any atom is 0.513 e. The van der Waals surface area contributed by atoms with Crippen LogP contribution in [-0.2, 0) is 11.3 Å². The first-order chi connectivity index (χ1) is 16.8. The summed E-state index contributed by atoms with van der Waals surface area (Å²) in [6.07, 6.45) is 0.477. The van der Waals surface area contributed by atoms with Gasteiger partial charge in [-0.15, -0.1) is 4.37 Å². The highest BCUT2D eigenvalue weighted by molar-refractivity contribution is 7.11. The van der Waals surface area contributed by atoms with E-state index in [-0.39, 0.29) is 41.0 Å². The standard InChI is InChI=1S/C22H30F2N4O6S/c1-4-28(9-10-29)8-6-5-7-25-21(30)26-20-18(34-22(31)32-3)19(27-35-20)33-13-15-12-16(23)14(2)11-17(15)24/h11-12,29H,4-10,13H2,1-3H3,(H2,25,26,30). The van der Waals surface area contributed by atoms with Gasteiger partial charge in [0.2, 0.25) is 5.75 Å². The molecule has 0 saturated heterocycles. The lowest BCUT2D eigenvalue weighted by Gasteiger charge is -2.18. The van der Waals surface area contributed by atoms with E-state index in [9.17, 15) is 18.4 Å². The van der Waals surface area contributed by atoms with E-state index in [4.69, 9.17) is 14.6 Å². The normalized spacial score (nSPS) is 10.8. The third-order valence-electron chi connectivity index (χ3n) is 4.94. The molecule has 0 saturated carbocycles. The molecule has 194 valence electrons. The fourth-order valence-corrected chi connectivity index (χ4v) is 3.64. The number of halogens is 2. The number of amides is 2. The summed E-state index contributed by atoms with van der Waals surface area (Å²) in [5.74, 6) is -1.66. The maximum absolute atomic E-state index is 14.1. The van der Waals surface area contributed by atoms with E-state index in [1.807, 2.05) is 6.92 Å². The number of aliphatic hydroxyl groups excluding tert-OH is 1. The molecule has 0 unspecified atom stereocenters. The molecule has 1 heterocycles. The Morgan fingerprint density at radius 1 is 1.20 bits per heavy atom. The van der Waals surface area contributed by atoms with Crippen molar-refractivity contribution in [1.29, 1.82) is 0 Å². The van der Waals surface area contributed by atoms with Crippen molar-refractivity contribution in [2.45, 2.75) is 33.3 Å². The fourth-order valence-electron chi connectivity index (χ4n) is 2.98. The maximum atomic E-state index is 14.1. The number of aromatic nitrogens is 1. The van der Waals surface area contributed by atoms with Gasteiger partial charge in [-0.2, -0.15) is 0 Å². The number of unbranched alkanes of at least 4 members (excludes halogenated alkanes) is 1. The zero-order valence-electron chi connectivity index (χ0n) is 19.9. The lowest BCUT2D eigenvalue weighted by Crippen LogP contribution is -2.31. The van der Waals surface area contributed by atoms with Gasteiger partial charge in [0, 0.05) is 18.7 Å². The number of anilines is 1. The van der Waals surface area contributed by atoms with Gasteiger partial charge < -0.3 is 29.5 Å². The largest absolute Gasteiger partial charge is 0.513 e. The molecule has 0 aliphatic rings. The highest BCUT2D eigenvalue weighted by Gasteiger charge is 2.23. The number of carbonyl (C=O) groups is 2. The Labute approximate surface area is 206 Å². The van der Waals surface area contributed by atoms with Gasteiger partial charge in [0.1, 0.15) is 18.2 Å². The molecule has 0 spiro atoms. The highest BCUT2D eigenvalue weighted by Crippen LogP contribution is 2.39. The van der Waals surface area contributed by atoms with E-state index in [1.54, 1.807) is 0 Å². The average molecular weight is 517 g/mol. The molecule has 13 heteroatoms. The number of hydrogen-bond donors (Lipinski definition) is 3. The Hall–Kier alpha value is -3.03. The van der Waals surface area contributed by atoms with Crippen LogP contribution in [0, 0.1) is 18.6 Å². The summed E-state index contributed by atoms with van der Waals surface area (Å²) in [5.41, 5.74) is 0.0953. The number of nitrogens with one attached hydrogen (secondary N) is 2. The van der Waals surface area contributed by atoms with Crippen molar-refractivity contribution in [1.82, 2.24) is 14.6 Å². The lowest BCUT2D eigenvalue weighted by atomic mass is 10.1. The van der Waals surface area contributed by atoms with Crippen LogP contribution in [0.2, 0.25) is 0 Å². The Morgan fingerprint density at radius 3 is 2.66 bits per heavy atom. The van der Waals surface area contributed by atoms with Gasteiger partial charge in [0.05, 0.1) is 13.7 Å². The molecule has 35 heavy (non-hydrogen) atoms. The summed E-state index contributed by atoms with van der Waals surface area (Å²) in [7, 11) is 1.10. The molecule has 2 rings (SSSR count). The van der Waals surface area contributed by atoms with Crippen molar-refractivity contribution in [2.75, 3.05) is 45.2 Å². The smallest absolute Gasteiger partial charge is 0.469 e. The minimum Gasteiger partial charge on any atom is -0.469 e. The van der Waals surface area contributed by atoms with E-state index < -0.39 is 23.8 Å². The second-order valence-electron chi connectivity index (χ2n) is 7.43. The van der Waals surface area contributed by atoms with Crippen LogP contribution < -0.4 is 20.1 Å². The van der Waals surface area contributed by atoms with Gasteiger partial charge in [0.15, 0.2) is 5.00 Å². The van der Waals surface area contributed by atoms with Crippen LogP contribution in [0.15, 0.2) is 12.1 Å². The van der Waals surface area contributed by atoms with Gasteiger partial charge in [-0.25, -0.2) is 18.4 Å². The summed E-state index contributed by atoms with van der Waals surface area (Å²) < 4.78 is 46.9. The van der Waals surface area contributed by atoms with Crippen LogP contribution >= 0.6 is 11.5 Å². The van der Waals surface area contributed by atoms with Crippen molar-refractivity contribution in [3.63, 3.8) is 0 Å². The van der Waals surface area contributed by atoms with Gasteiger partial charge >= 0.3 is 12.2 Å². The third kappa shape index (κ3) is 8.92. The topological polar surface area (TPSA) is 122 Å². The lowest BCUT2D eigenvalue weighted by molar-refractivity contribution is 0.119. The van der Waals surface area contributed by atoms with Crippen LogP contribution in [-0.4, -0.2) is 66.5 Å². The fraction of sp³-hybridized carbons (Fsp3) is 0.500. The van der Waals surface area contributed by atoms with E-state index in [1.165, 1.54) is 6.92 Å². The number of hydrogen-bond acceptors (Lipinski definition) is 9. The van der Waals surface area contributed by atoms with Crippen LogP contribution in [0.3, 0.4) is 0 Å². The van der Waals surface area contributed by atoms with E-state index in [0.29, 0.717) is 13.1 Å². The third-order valence-corrected chi connectivity index (χ3v) is 5.67. The van der Waals surface area contributed by atoms with Gasteiger partial charge in [-0.3, -0.25) is 5.32 Å². The molecule has 2 aromatic rings. The second kappa shape index (κ2) is 14.4. The minimum absolute atomic E-state index is 0.0574. The molecule has 1 aromatic carbocycles. The molecule has 2 amide bonds. The minimum atomic E-state index is -1.07.